The van der Waals surface area contributed by atoms with Gasteiger partial charge in [-0.2, -0.15) is 0 Å². The second-order valence-electron chi connectivity index (χ2n) is 6.21. The minimum atomic E-state index is -0.841. The van der Waals surface area contributed by atoms with Crippen LogP contribution in [0.1, 0.15) is 13.8 Å². The van der Waals surface area contributed by atoms with Crippen LogP contribution >= 0.6 is 0 Å². The number of aliphatic carboxylic acids is 2. The van der Waals surface area contributed by atoms with Gasteiger partial charge in [0.2, 0.25) is 0 Å². The van der Waals surface area contributed by atoms with Gasteiger partial charge in [0.15, 0.2) is 0 Å². The predicted octanol–water partition coefficient (Wildman–Crippen LogP) is -0.583. The summed E-state index contributed by atoms with van der Waals surface area (Å²) in [6.45, 7) is 12.2. The predicted molar refractivity (Wildman–Crippen MR) is 92.4 cm³/mol. The fraction of sp³-hybridized carbons (Fsp3) is 0.875. The van der Waals surface area contributed by atoms with Gasteiger partial charge in [0.25, 0.3) is 0 Å². The Bertz CT molecular complexity index is 358. The van der Waals surface area contributed by atoms with Gasteiger partial charge in [0.05, 0.1) is 13.1 Å². The molecule has 0 radical (unpaired) electrons. The first-order valence-corrected chi connectivity index (χ1v) is 8.77. The zero-order valence-corrected chi connectivity index (χ0v) is 15.0. The van der Waals surface area contributed by atoms with E-state index in [0.29, 0.717) is 26.2 Å². The standard InChI is InChI=1S/C16H32N4O4/c1-3-17-5-6-18(4-2)8-10-20(14-16(23)24)12-11-19(9-7-17)13-15(21)22/h3-14H2,1-2H3,(H,21,22)(H,23,24). The molecular formula is C16H32N4O4. The number of nitrogens with zero attached hydrogens (tertiary/aromatic N) is 4. The lowest BCUT2D eigenvalue weighted by Gasteiger charge is -2.32. The summed E-state index contributed by atoms with van der Waals surface area (Å²) in [6.07, 6.45) is 0. The average molecular weight is 344 g/mol. The smallest absolute Gasteiger partial charge is 0.317 e. The molecule has 0 aromatic rings. The van der Waals surface area contributed by atoms with Crippen molar-refractivity contribution in [3.05, 3.63) is 0 Å². The Morgan fingerprint density at radius 3 is 1.08 bits per heavy atom. The van der Waals surface area contributed by atoms with Crippen molar-refractivity contribution in [1.82, 2.24) is 19.6 Å². The first kappa shape index (κ1) is 20.8. The molecule has 0 unspecified atom stereocenters. The summed E-state index contributed by atoms with van der Waals surface area (Å²) in [6, 6.07) is 0. The van der Waals surface area contributed by atoms with Crippen LogP contribution in [0.3, 0.4) is 0 Å². The average Bonchev–Trinajstić information content (AvgIpc) is 2.52. The van der Waals surface area contributed by atoms with Crippen LogP contribution in [0, 0.1) is 0 Å². The largest absolute Gasteiger partial charge is 0.480 e. The van der Waals surface area contributed by atoms with E-state index in [1.165, 1.54) is 0 Å². The second kappa shape index (κ2) is 11.4. The molecule has 0 bridgehead atoms. The zero-order valence-electron chi connectivity index (χ0n) is 15.0. The Balaban J connectivity index is 2.75. The zero-order chi connectivity index (χ0) is 17.9. The normalized spacial score (nSPS) is 21.1. The van der Waals surface area contributed by atoms with Crippen LogP contribution in [0.15, 0.2) is 0 Å². The van der Waals surface area contributed by atoms with Gasteiger partial charge in [-0.3, -0.25) is 19.4 Å². The molecule has 0 saturated carbocycles. The molecule has 0 aliphatic carbocycles. The number of rotatable bonds is 6. The third-order valence-corrected chi connectivity index (χ3v) is 4.54. The fourth-order valence-corrected chi connectivity index (χ4v) is 2.91. The van der Waals surface area contributed by atoms with Crippen molar-refractivity contribution in [2.75, 3.05) is 78.5 Å². The third kappa shape index (κ3) is 8.58. The van der Waals surface area contributed by atoms with Crippen LogP contribution in [0.2, 0.25) is 0 Å². The first-order chi connectivity index (χ1) is 11.4. The topological polar surface area (TPSA) is 87.6 Å². The molecule has 140 valence electrons. The van der Waals surface area contributed by atoms with Crippen molar-refractivity contribution < 1.29 is 19.8 Å². The van der Waals surface area contributed by atoms with Crippen LogP contribution in [0.5, 0.6) is 0 Å². The number of hydrogen-bond acceptors (Lipinski definition) is 6. The Morgan fingerprint density at radius 2 is 0.875 bits per heavy atom. The first-order valence-electron chi connectivity index (χ1n) is 8.77. The molecule has 1 rings (SSSR count). The van der Waals surface area contributed by atoms with E-state index in [2.05, 4.69) is 23.6 Å². The van der Waals surface area contributed by atoms with Crippen molar-refractivity contribution >= 4 is 11.9 Å². The molecule has 0 amide bonds. The van der Waals surface area contributed by atoms with E-state index in [-0.39, 0.29) is 13.1 Å². The van der Waals surface area contributed by atoms with Crippen LogP contribution in [0.25, 0.3) is 0 Å². The van der Waals surface area contributed by atoms with Gasteiger partial charge in [-0.25, -0.2) is 0 Å². The molecule has 1 aliphatic heterocycles. The van der Waals surface area contributed by atoms with Gasteiger partial charge in [0.1, 0.15) is 0 Å². The Labute approximate surface area is 144 Å². The van der Waals surface area contributed by atoms with Gasteiger partial charge in [0, 0.05) is 52.4 Å². The molecule has 1 fully saturated rings. The van der Waals surface area contributed by atoms with Crippen LogP contribution in [-0.2, 0) is 9.59 Å². The Hall–Kier alpha value is -1.22. The highest BCUT2D eigenvalue weighted by atomic mass is 16.4. The lowest BCUT2D eigenvalue weighted by atomic mass is 10.3. The fourth-order valence-electron chi connectivity index (χ4n) is 2.91. The van der Waals surface area contributed by atoms with Crippen molar-refractivity contribution in [3.63, 3.8) is 0 Å². The van der Waals surface area contributed by atoms with Crippen molar-refractivity contribution in [2.24, 2.45) is 0 Å². The molecule has 1 aliphatic rings. The highest BCUT2D eigenvalue weighted by Gasteiger charge is 2.17. The minimum absolute atomic E-state index is 0.000446. The SMILES string of the molecule is CCN1CCN(CC)CCN(CC(=O)O)CCN(CC(=O)O)CC1. The van der Waals surface area contributed by atoms with Gasteiger partial charge < -0.3 is 20.0 Å². The van der Waals surface area contributed by atoms with Gasteiger partial charge in [-0.1, -0.05) is 13.8 Å². The number of carboxylic acids is 2. The summed E-state index contributed by atoms with van der Waals surface area (Å²) in [7, 11) is 0. The lowest BCUT2D eigenvalue weighted by Crippen LogP contribution is -2.47. The molecule has 1 saturated heterocycles. The van der Waals surface area contributed by atoms with E-state index in [4.69, 9.17) is 10.2 Å². The number of carboxylic acid groups (broad SMARTS) is 2. The van der Waals surface area contributed by atoms with Crippen molar-refractivity contribution in [3.8, 4) is 0 Å². The second-order valence-corrected chi connectivity index (χ2v) is 6.21. The van der Waals surface area contributed by atoms with Crippen LogP contribution in [0.4, 0.5) is 0 Å². The van der Waals surface area contributed by atoms with Gasteiger partial charge >= 0.3 is 11.9 Å². The van der Waals surface area contributed by atoms with Crippen LogP contribution in [-0.4, -0.2) is 120 Å². The molecule has 0 spiro atoms. The summed E-state index contributed by atoms with van der Waals surface area (Å²) in [4.78, 5) is 30.6. The molecule has 8 heteroatoms. The Morgan fingerprint density at radius 1 is 0.625 bits per heavy atom. The van der Waals surface area contributed by atoms with E-state index < -0.39 is 11.9 Å². The molecule has 0 aromatic carbocycles. The van der Waals surface area contributed by atoms with E-state index in [9.17, 15) is 9.59 Å². The molecule has 24 heavy (non-hydrogen) atoms. The maximum absolute atomic E-state index is 11.1. The summed E-state index contributed by atoms with van der Waals surface area (Å²) >= 11 is 0. The Kier molecular flexibility index (Phi) is 9.85. The van der Waals surface area contributed by atoms with Crippen LogP contribution < -0.4 is 0 Å². The molecule has 0 aromatic heterocycles. The molecule has 1 heterocycles. The van der Waals surface area contributed by atoms with E-state index >= 15 is 0 Å². The summed E-state index contributed by atoms with van der Waals surface area (Å²) in [5.74, 6) is -1.68. The highest BCUT2D eigenvalue weighted by Crippen LogP contribution is 2.00. The quantitative estimate of drug-likeness (QED) is 0.662. The number of likely N-dealkylation sites (N-methyl/N-ethyl adjacent to an activating group) is 2. The molecular weight excluding hydrogens is 312 g/mol. The maximum Gasteiger partial charge on any atom is 0.317 e. The van der Waals surface area contributed by atoms with E-state index in [1.54, 1.807) is 0 Å². The third-order valence-electron chi connectivity index (χ3n) is 4.54. The van der Waals surface area contributed by atoms with Crippen molar-refractivity contribution in [1.29, 1.82) is 0 Å². The lowest BCUT2D eigenvalue weighted by molar-refractivity contribution is -0.140. The maximum atomic E-state index is 11.1. The minimum Gasteiger partial charge on any atom is -0.480 e. The summed E-state index contributed by atoms with van der Waals surface area (Å²) < 4.78 is 0. The molecule has 2 N–H and O–H groups in total. The van der Waals surface area contributed by atoms with Gasteiger partial charge in [-0.05, 0) is 13.1 Å². The molecule has 8 nitrogen and oxygen atoms in total. The van der Waals surface area contributed by atoms with E-state index in [0.717, 1.165) is 39.3 Å². The number of hydrogen-bond donors (Lipinski definition) is 2. The van der Waals surface area contributed by atoms with Crippen molar-refractivity contribution in [2.45, 2.75) is 13.8 Å². The van der Waals surface area contributed by atoms with E-state index in [1.807, 2.05) is 9.80 Å². The summed E-state index contributed by atoms with van der Waals surface area (Å²) in [5, 5.41) is 18.2. The number of carbonyl (C=O) groups is 2. The summed E-state index contributed by atoms with van der Waals surface area (Å²) in [5.41, 5.74) is 0. The monoisotopic (exact) mass is 344 g/mol. The highest BCUT2D eigenvalue weighted by molar-refractivity contribution is 5.69. The van der Waals surface area contributed by atoms with Gasteiger partial charge in [-0.15, -0.1) is 0 Å². The molecule has 0 atom stereocenters.